The van der Waals surface area contributed by atoms with Crippen LogP contribution in [0.15, 0.2) is 12.1 Å². The molecule has 2 rings (SSSR count). The molecule has 1 aromatic heterocycles. The molecular formula is C11H16N4O. The van der Waals surface area contributed by atoms with E-state index >= 15 is 0 Å². The van der Waals surface area contributed by atoms with Crippen molar-refractivity contribution in [1.82, 2.24) is 15.5 Å². The standard InChI is InChI=1S/C11H16N4O/c12-10-7-6-9(14-15-10)11(16)13-8-4-2-1-3-5-8/h6-8H,1-5H2,(H2,12,15)(H,13,16). The zero-order valence-corrected chi connectivity index (χ0v) is 9.15. The molecule has 3 N–H and O–H groups in total. The Kier molecular flexibility index (Phi) is 3.34. The number of carbonyl (C=O) groups is 1. The lowest BCUT2D eigenvalue weighted by Crippen LogP contribution is -2.36. The second-order valence-electron chi connectivity index (χ2n) is 4.15. The summed E-state index contributed by atoms with van der Waals surface area (Å²) in [5.41, 5.74) is 5.74. The zero-order valence-electron chi connectivity index (χ0n) is 9.15. The molecule has 0 aliphatic heterocycles. The van der Waals surface area contributed by atoms with Gasteiger partial charge >= 0.3 is 0 Å². The summed E-state index contributed by atoms with van der Waals surface area (Å²) in [6.45, 7) is 0. The van der Waals surface area contributed by atoms with Crippen molar-refractivity contribution in [2.45, 2.75) is 38.1 Å². The minimum Gasteiger partial charge on any atom is -0.382 e. The first-order valence-corrected chi connectivity index (χ1v) is 5.66. The molecule has 1 aromatic rings. The van der Waals surface area contributed by atoms with Gasteiger partial charge in [0.05, 0.1) is 0 Å². The molecule has 1 amide bonds. The maximum absolute atomic E-state index is 11.8. The highest BCUT2D eigenvalue weighted by Crippen LogP contribution is 2.17. The number of aromatic nitrogens is 2. The van der Waals surface area contributed by atoms with E-state index < -0.39 is 0 Å². The third-order valence-corrected chi connectivity index (χ3v) is 2.86. The van der Waals surface area contributed by atoms with Gasteiger partial charge in [-0.25, -0.2) is 0 Å². The Labute approximate surface area is 94.4 Å². The van der Waals surface area contributed by atoms with Crippen LogP contribution in [-0.2, 0) is 0 Å². The molecule has 1 saturated carbocycles. The fourth-order valence-corrected chi connectivity index (χ4v) is 1.97. The Hall–Kier alpha value is -1.65. The molecule has 5 nitrogen and oxygen atoms in total. The summed E-state index contributed by atoms with van der Waals surface area (Å²) in [6.07, 6.45) is 5.78. The van der Waals surface area contributed by atoms with E-state index in [0.717, 1.165) is 12.8 Å². The number of anilines is 1. The van der Waals surface area contributed by atoms with Gasteiger partial charge in [-0.05, 0) is 25.0 Å². The molecule has 0 spiro atoms. The van der Waals surface area contributed by atoms with Crippen LogP contribution in [0.1, 0.15) is 42.6 Å². The normalized spacial score (nSPS) is 17.0. The number of nitrogens with one attached hydrogen (secondary N) is 1. The molecule has 0 unspecified atom stereocenters. The maximum Gasteiger partial charge on any atom is 0.272 e. The van der Waals surface area contributed by atoms with E-state index in [0.29, 0.717) is 17.6 Å². The summed E-state index contributed by atoms with van der Waals surface area (Å²) in [5, 5.41) is 10.4. The first-order chi connectivity index (χ1) is 7.75. The van der Waals surface area contributed by atoms with Crippen LogP contribution < -0.4 is 11.1 Å². The largest absolute Gasteiger partial charge is 0.382 e. The average molecular weight is 220 g/mol. The van der Waals surface area contributed by atoms with E-state index in [1.54, 1.807) is 12.1 Å². The van der Waals surface area contributed by atoms with E-state index in [-0.39, 0.29) is 5.91 Å². The molecular weight excluding hydrogens is 204 g/mol. The summed E-state index contributed by atoms with van der Waals surface area (Å²) in [7, 11) is 0. The molecule has 5 heteroatoms. The van der Waals surface area contributed by atoms with Crippen molar-refractivity contribution in [3.63, 3.8) is 0 Å². The summed E-state index contributed by atoms with van der Waals surface area (Å²) in [4.78, 5) is 11.8. The van der Waals surface area contributed by atoms with Crippen molar-refractivity contribution in [1.29, 1.82) is 0 Å². The van der Waals surface area contributed by atoms with Crippen molar-refractivity contribution in [3.05, 3.63) is 17.8 Å². The molecule has 1 heterocycles. The van der Waals surface area contributed by atoms with E-state index in [9.17, 15) is 4.79 Å². The lowest BCUT2D eigenvalue weighted by molar-refractivity contribution is 0.0921. The summed E-state index contributed by atoms with van der Waals surface area (Å²) in [6, 6.07) is 3.48. The molecule has 0 bridgehead atoms. The number of rotatable bonds is 2. The molecule has 86 valence electrons. The van der Waals surface area contributed by atoms with Crippen LogP contribution in [0.2, 0.25) is 0 Å². The number of nitrogen functional groups attached to an aromatic ring is 1. The second-order valence-corrected chi connectivity index (χ2v) is 4.15. The number of hydrogen-bond donors (Lipinski definition) is 2. The minimum absolute atomic E-state index is 0.153. The first kappa shape index (κ1) is 10.9. The van der Waals surface area contributed by atoms with Gasteiger partial charge < -0.3 is 11.1 Å². The lowest BCUT2D eigenvalue weighted by atomic mass is 9.95. The summed E-state index contributed by atoms with van der Waals surface area (Å²) >= 11 is 0. The van der Waals surface area contributed by atoms with Crippen LogP contribution >= 0.6 is 0 Å². The fourth-order valence-electron chi connectivity index (χ4n) is 1.97. The topological polar surface area (TPSA) is 80.9 Å². The predicted molar refractivity (Wildman–Crippen MR) is 60.8 cm³/mol. The Bertz CT molecular complexity index is 357. The fraction of sp³-hybridized carbons (Fsp3) is 0.545. The zero-order chi connectivity index (χ0) is 11.4. The quantitative estimate of drug-likeness (QED) is 0.782. The van der Waals surface area contributed by atoms with E-state index in [1.165, 1.54) is 19.3 Å². The van der Waals surface area contributed by atoms with Gasteiger partial charge in [0.25, 0.3) is 5.91 Å². The SMILES string of the molecule is Nc1ccc(C(=O)NC2CCCCC2)nn1. The highest BCUT2D eigenvalue weighted by Gasteiger charge is 2.17. The highest BCUT2D eigenvalue weighted by atomic mass is 16.2. The minimum atomic E-state index is -0.153. The van der Waals surface area contributed by atoms with Gasteiger partial charge in [0, 0.05) is 6.04 Å². The van der Waals surface area contributed by atoms with Gasteiger partial charge in [-0.3, -0.25) is 4.79 Å². The monoisotopic (exact) mass is 220 g/mol. The highest BCUT2D eigenvalue weighted by molar-refractivity contribution is 5.92. The van der Waals surface area contributed by atoms with Crippen LogP contribution in [0.25, 0.3) is 0 Å². The number of hydrogen-bond acceptors (Lipinski definition) is 4. The predicted octanol–water partition coefficient (Wildman–Crippen LogP) is 1.12. The van der Waals surface area contributed by atoms with E-state index in [4.69, 9.17) is 5.73 Å². The number of carbonyl (C=O) groups excluding carboxylic acids is 1. The van der Waals surface area contributed by atoms with Gasteiger partial charge in [-0.1, -0.05) is 19.3 Å². The molecule has 16 heavy (non-hydrogen) atoms. The van der Waals surface area contributed by atoms with Crippen LogP contribution in [0.4, 0.5) is 5.82 Å². The van der Waals surface area contributed by atoms with Crippen molar-refractivity contribution in [2.24, 2.45) is 0 Å². The molecule has 0 saturated heterocycles. The first-order valence-electron chi connectivity index (χ1n) is 5.66. The average Bonchev–Trinajstić information content (AvgIpc) is 2.31. The molecule has 1 fully saturated rings. The molecule has 0 atom stereocenters. The number of nitrogens with two attached hydrogens (primary N) is 1. The third-order valence-electron chi connectivity index (χ3n) is 2.86. The van der Waals surface area contributed by atoms with Crippen molar-refractivity contribution < 1.29 is 4.79 Å². The van der Waals surface area contributed by atoms with Gasteiger partial charge in [0.15, 0.2) is 5.69 Å². The van der Waals surface area contributed by atoms with Crippen molar-refractivity contribution >= 4 is 11.7 Å². The maximum atomic E-state index is 11.8. The van der Waals surface area contributed by atoms with Crippen LogP contribution in [0.5, 0.6) is 0 Å². The molecule has 0 radical (unpaired) electrons. The Balaban J connectivity index is 1.94. The van der Waals surface area contributed by atoms with Crippen LogP contribution in [0.3, 0.4) is 0 Å². The van der Waals surface area contributed by atoms with Crippen molar-refractivity contribution in [2.75, 3.05) is 5.73 Å². The Morgan fingerprint density at radius 1 is 1.25 bits per heavy atom. The molecule has 1 aliphatic rings. The van der Waals surface area contributed by atoms with E-state index in [1.807, 2.05) is 0 Å². The summed E-state index contributed by atoms with van der Waals surface area (Å²) < 4.78 is 0. The van der Waals surface area contributed by atoms with Gasteiger partial charge in [-0.2, -0.15) is 0 Å². The van der Waals surface area contributed by atoms with Gasteiger partial charge in [0.2, 0.25) is 0 Å². The lowest BCUT2D eigenvalue weighted by Gasteiger charge is -2.22. The van der Waals surface area contributed by atoms with Crippen LogP contribution in [-0.4, -0.2) is 22.1 Å². The smallest absolute Gasteiger partial charge is 0.272 e. The van der Waals surface area contributed by atoms with Crippen molar-refractivity contribution in [3.8, 4) is 0 Å². The summed E-state index contributed by atoms with van der Waals surface area (Å²) in [5.74, 6) is 0.175. The van der Waals surface area contributed by atoms with E-state index in [2.05, 4.69) is 15.5 Å². The van der Waals surface area contributed by atoms with Gasteiger partial charge in [-0.15, -0.1) is 10.2 Å². The Morgan fingerprint density at radius 3 is 2.62 bits per heavy atom. The molecule has 0 aromatic carbocycles. The number of amides is 1. The third kappa shape index (κ3) is 2.68. The van der Waals surface area contributed by atoms with Gasteiger partial charge in [0.1, 0.15) is 5.82 Å². The molecule has 1 aliphatic carbocycles. The number of nitrogens with zero attached hydrogens (tertiary/aromatic N) is 2. The van der Waals surface area contributed by atoms with Crippen LogP contribution in [0, 0.1) is 0 Å². The second kappa shape index (κ2) is 4.92. The Morgan fingerprint density at radius 2 is 2.00 bits per heavy atom.